The fourth-order valence-electron chi connectivity index (χ4n) is 3.00. The lowest BCUT2D eigenvalue weighted by Crippen LogP contribution is -2.34. The van der Waals surface area contributed by atoms with Gasteiger partial charge in [0.25, 0.3) is 5.91 Å². The first-order valence-corrected chi connectivity index (χ1v) is 8.66. The molecule has 0 saturated carbocycles. The Bertz CT molecular complexity index is 527. The number of hydrogen-bond acceptors (Lipinski definition) is 2. The van der Waals surface area contributed by atoms with Crippen LogP contribution in [-0.4, -0.2) is 36.5 Å². The van der Waals surface area contributed by atoms with Gasteiger partial charge in [-0.2, -0.15) is 0 Å². The largest absolute Gasteiger partial charge is 0.339 e. The molecule has 1 atom stereocenters. The molecule has 126 valence electrons. The van der Waals surface area contributed by atoms with Crippen molar-refractivity contribution in [1.29, 1.82) is 0 Å². The van der Waals surface area contributed by atoms with E-state index in [-0.39, 0.29) is 17.8 Å². The van der Waals surface area contributed by atoms with E-state index in [2.05, 4.69) is 19.2 Å². The summed E-state index contributed by atoms with van der Waals surface area (Å²) in [4.78, 5) is 14.9. The molecule has 0 spiro atoms. The average molecular weight is 318 g/mol. The van der Waals surface area contributed by atoms with E-state index < -0.39 is 0 Å². The monoisotopic (exact) mass is 318 g/mol. The van der Waals surface area contributed by atoms with Gasteiger partial charge in [-0.25, -0.2) is 4.39 Å². The van der Waals surface area contributed by atoms with Gasteiger partial charge in [0.05, 0.1) is 0 Å². The van der Waals surface area contributed by atoms with Gasteiger partial charge in [-0.15, -0.1) is 0 Å². The van der Waals surface area contributed by atoms with E-state index in [1.54, 1.807) is 12.1 Å². The minimum atomic E-state index is -0.279. The summed E-state index contributed by atoms with van der Waals surface area (Å²) < 4.78 is 13.2. The lowest BCUT2D eigenvalue weighted by Gasteiger charge is -2.24. The van der Waals surface area contributed by atoms with Crippen LogP contribution in [0, 0.1) is 5.82 Å². The number of carbonyl (C=O) groups excluding carboxylic acids is 1. The van der Waals surface area contributed by atoms with Gasteiger partial charge in [0.15, 0.2) is 0 Å². The zero-order valence-corrected chi connectivity index (χ0v) is 14.1. The third-order valence-corrected chi connectivity index (χ3v) is 4.13. The molecule has 4 heteroatoms. The molecule has 1 amide bonds. The second kappa shape index (κ2) is 8.82. The maximum Gasteiger partial charge on any atom is 0.254 e. The van der Waals surface area contributed by atoms with Crippen molar-refractivity contribution in [2.24, 2.45) is 0 Å². The average Bonchev–Trinajstić information content (AvgIpc) is 3.06. The molecule has 1 saturated heterocycles. The lowest BCUT2D eigenvalue weighted by molar-refractivity contribution is -0.125. The predicted octanol–water partition coefficient (Wildman–Crippen LogP) is 3.61. The SMILES string of the molecule is CCCN(CCC)C(=O)/C(=C\C1CCCN1)c1ccc(F)cc1. The molecule has 1 fully saturated rings. The van der Waals surface area contributed by atoms with E-state index in [9.17, 15) is 9.18 Å². The molecular weight excluding hydrogens is 291 g/mol. The van der Waals surface area contributed by atoms with Crippen molar-refractivity contribution in [1.82, 2.24) is 10.2 Å². The van der Waals surface area contributed by atoms with E-state index >= 15 is 0 Å². The molecule has 2 rings (SSSR count). The molecule has 1 aromatic carbocycles. The van der Waals surface area contributed by atoms with Gasteiger partial charge in [0, 0.05) is 24.7 Å². The summed E-state index contributed by atoms with van der Waals surface area (Å²) in [5.41, 5.74) is 1.48. The van der Waals surface area contributed by atoms with Crippen LogP contribution in [-0.2, 0) is 4.79 Å². The van der Waals surface area contributed by atoms with Crippen molar-refractivity contribution < 1.29 is 9.18 Å². The van der Waals surface area contributed by atoms with E-state index in [1.165, 1.54) is 12.1 Å². The van der Waals surface area contributed by atoms with Crippen LogP contribution in [0.4, 0.5) is 4.39 Å². The number of nitrogens with zero attached hydrogens (tertiary/aromatic N) is 1. The molecule has 1 N–H and O–H groups in total. The first-order chi connectivity index (χ1) is 11.2. The summed E-state index contributed by atoms with van der Waals surface area (Å²) in [5, 5.41) is 3.40. The summed E-state index contributed by atoms with van der Waals surface area (Å²) in [5.74, 6) is -0.229. The number of rotatable bonds is 7. The minimum Gasteiger partial charge on any atom is -0.339 e. The lowest BCUT2D eigenvalue weighted by atomic mass is 10.0. The Balaban J connectivity index is 2.31. The minimum absolute atomic E-state index is 0.0500. The second-order valence-corrected chi connectivity index (χ2v) is 6.08. The van der Waals surface area contributed by atoms with Gasteiger partial charge >= 0.3 is 0 Å². The quantitative estimate of drug-likeness (QED) is 0.779. The van der Waals surface area contributed by atoms with Crippen LogP contribution in [0.25, 0.3) is 5.57 Å². The van der Waals surface area contributed by atoms with Crippen LogP contribution in [0.5, 0.6) is 0 Å². The summed E-state index contributed by atoms with van der Waals surface area (Å²) in [6.45, 7) is 6.65. The summed E-state index contributed by atoms with van der Waals surface area (Å²) in [6, 6.07) is 6.46. The first kappa shape index (κ1) is 17.7. The molecule has 0 radical (unpaired) electrons. The second-order valence-electron chi connectivity index (χ2n) is 6.08. The Labute approximate surface area is 138 Å². The maximum atomic E-state index is 13.2. The molecule has 1 aliphatic heterocycles. The van der Waals surface area contributed by atoms with Crippen molar-refractivity contribution in [3.05, 3.63) is 41.7 Å². The molecule has 1 unspecified atom stereocenters. The van der Waals surface area contributed by atoms with Crippen LogP contribution in [0.1, 0.15) is 45.1 Å². The highest BCUT2D eigenvalue weighted by Gasteiger charge is 2.21. The van der Waals surface area contributed by atoms with E-state index in [0.29, 0.717) is 5.57 Å². The zero-order chi connectivity index (χ0) is 16.7. The summed E-state index contributed by atoms with van der Waals surface area (Å²) in [6.07, 6.45) is 6.06. The highest BCUT2D eigenvalue weighted by Crippen LogP contribution is 2.21. The fraction of sp³-hybridized carbons (Fsp3) is 0.526. The molecule has 0 bridgehead atoms. The molecule has 0 aromatic heterocycles. The van der Waals surface area contributed by atoms with Crippen molar-refractivity contribution >= 4 is 11.5 Å². The van der Waals surface area contributed by atoms with Gasteiger partial charge in [0.1, 0.15) is 5.82 Å². The molecule has 1 heterocycles. The number of benzene rings is 1. The smallest absolute Gasteiger partial charge is 0.254 e. The Hall–Kier alpha value is -1.68. The molecule has 3 nitrogen and oxygen atoms in total. The van der Waals surface area contributed by atoms with Crippen LogP contribution < -0.4 is 5.32 Å². The maximum absolute atomic E-state index is 13.2. The van der Waals surface area contributed by atoms with Crippen LogP contribution in [0.2, 0.25) is 0 Å². The Morgan fingerprint density at radius 3 is 2.43 bits per heavy atom. The Morgan fingerprint density at radius 2 is 1.91 bits per heavy atom. The predicted molar refractivity (Wildman–Crippen MR) is 92.6 cm³/mol. The zero-order valence-electron chi connectivity index (χ0n) is 14.1. The normalized spacial score (nSPS) is 18.2. The number of hydrogen-bond donors (Lipinski definition) is 1. The van der Waals surface area contributed by atoms with Crippen molar-refractivity contribution in [2.75, 3.05) is 19.6 Å². The van der Waals surface area contributed by atoms with Gasteiger partial charge in [-0.05, 0) is 49.9 Å². The van der Waals surface area contributed by atoms with Crippen molar-refractivity contribution in [3.63, 3.8) is 0 Å². The molecule has 23 heavy (non-hydrogen) atoms. The first-order valence-electron chi connectivity index (χ1n) is 8.66. The fourth-order valence-corrected chi connectivity index (χ4v) is 3.00. The number of halogens is 1. The van der Waals surface area contributed by atoms with Gasteiger partial charge < -0.3 is 10.2 Å². The van der Waals surface area contributed by atoms with Crippen molar-refractivity contribution in [3.8, 4) is 0 Å². The third-order valence-electron chi connectivity index (χ3n) is 4.13. The van der Waals surface area contributed by atoms with E-state index in [1.807, 2.05) is 11.0 Å². The van der Waals surface area contributed by atoms with E-state index in [4.69, 9.17) is 0 Å². The molecule has 1 aliphatic rings. The third kappa shape index (κ3) is 4.90. The Kier molecular flexibility index (Phi) is 6.78. The highest BCUT2D eigenvalue weighted by atomic mass is 19.1. The standard InChI is InChI=1S/C19H27FN2O/c1-3-12-22(13-4-2)19(23)18(14-17-6-5-11-21-17)15-7-9-16(20)10-8-15/h7-10,14,17,21H,3-6,11-13H2,1-2H3/b18-14-. The Morgan fingerprint density at radius 1 is 1.26 bits per heavy atom. The topological polar surface area (TPSA) is 32.3 Å². The summed E-state index contributed by atoms with van der Waals surface area (Å²) in [7, 11) is 0. The van der Waals surface area contributed by atoms with E-state index in [0.717, 1.165) is 50.9 Å². The van der Waals surface area contributed by atoms with Crippen LogP contribution in [0.15, 0.2) is 30.3 Å². The van der Waals surface area contributed by atoms with Gasteiger partial charge in [0.2, 0.25) is 0 Å². The van der Waals surface area contributed by atoms with Crippen molar-refractivity contribution in [2.45, 2.75) is 45.6 Å². The van der Waals surface area contributed by atoms with Gasteiger partial charge in [-0.3, -0.25) is 4.79 Å². The number of nitrogens with one attached hydrogen (secondary N) is 1. The molecular formula is C19H27FN2O. The molecule has 0 aliphatic carbocycles. The van der Waals surface area contributed by atoms with Crippen LogP contribution in [0.3, 0.4) is 0 Å². The highest BCUT2D eigenvalue weighted by molar-refractivity contribution is 6.19. The number of carbonyl (C=O) groups is 1. The molecule has 1 aromatic rings. The number of amides is 1. The van der Waals surface area contributed by atoms with Crippen LogP contribution >= 0.6 is 0 Å². The summed E-state index contributed by atoms with van der Waals surface area (Å²) >= 11 is 0. The van der Waals surface area contributed by atoms with Gasteiger partial charge in [-0.1, -0.05) is 32.1 Å².